The summed E-state index contributed by atoms with van der Waals surface area (Å²) in [5.74, 6) is 0.0182. The van der Waals surface area contributed by atoms with Gasteiger partial charge in [-0.3, -0.25) is 4.98 Å². The molecule has 1 aromatic heterocycles. The number of rotatable bonds is 1. The Hall–Kier alpha value is -1.70. The van der Waals surface area contributed by atoms with Gasteiger partial charge in [0.25, 0.3) is 0 Å². The van der Waals surface area contributed by atoms with Crippen LogP contribution < -0.4 is 0 Å². The van der Waals surface area contributed by atoms with Gasteiger partial charge in [-0.05, 0) is 30.5 Å². The summed E-state index contributed by atoms with van der Waals surface area (Å²) in [6.45, 7) is 0. The van der Waals surface area contributed by atoms with Crippen molar-refractivity contribution in [3.63, 3.8) is 0 Å². The Balaban J connectivity index is 2.27. The smallest absolute Gasteiger partial charge is 0.129 e. The van der Waals surface area contributed by atoms with Crippen LogP contribution in [0.25, 0.3) is 10.9 Å². The topological polar surface area (TPSA) is 30.0 Å². The Morgan fingerprint density at radius 3 is 3.07 bits per heavy atom. The summed E-state index contributed by atoms with van der Waals surface area (Å²) in [5.41, 5.74) is 3.22. The Morgan fingerprint density at radius 2 is 2.20 bits per heavy atom. The number of pyridine rings is 1. The minimum absolute atomic E-state index is 0.0182. The van der Waals surface area contributed by atoms with Gasteiger partial charge in [-0.15, -0.1) is 0 Å². The van der Waals surface area contributed by atoms with Gasteiger partial charge in [0.05, 0.1) is 17.1 Å². The largest absolute Gasteiger partial charge is 0.303 e. The second-order valence-electron chi connectivity index (χ2n) is 4.01. The van der Waals surface area contributed by atoms with Gasteiger partial charge < -0.3 is 4.79 Å². The molecule has 0 bridgehead atoms. The summed E-state index contributed by atoms with van der Waals surface area (Å²) in [7, 11) is 0. The molecule has 1 aliphatic rings. The molecule has 0 amide bonds. The quantitative estimate of drug-likeness (QED) is 0.657. The summed E-state index contributed by atoms with van der Waals surface area (Å²) in [6.07, 6.45) is 2.92. The van der Waals surface area contributed by atoms with Crippen LogP contribution in [0, 0.1) is 0 Å². The van der Waals surface area contributed by atoms with E-state index in [9.17, 15) is 4.79 Å². The molecule has 1 aromatic carbocycles. The molecule has 0 saturated carbocycles. The molecule has 0 N–H and O–H groups in total. The van der Waals surface area contributed by atoms with Crippen molar-refractivity contribution in [1.29, 1.82) is 0 Å². The van der Waals surface area contributed by atoms with Gasteiger partial charge in [0.15, 0.2) is 0 Å². The van der Waals surface area contributed by atoms with Gasteiger partial charge in [0, 0.05) is 5.39 Å². The maximum absolute atomic E-state index is 10.9. The molecule has 0 aliphatic heterocycles. The Labute approximate surface area is 87.9 Å². The van der Waals surface area contributed by atoms with Crippen molar-refractivity contribution in [3.8, 4) is 0 Å². The van der Waals surface area contributed by atoms with Crippen molar-refractivity contribution in [2.45, 2.75) is 18.8 Å². The number of carbonyl (C=O) groups excluding carboxylic acids is 1. The number of hydrogen-bond donors (Lipinski definition) is 0. The second kappa shape index (κ2) is 3.16. The lowest BCUT2D eigenvalue weighted by Gasteiger charge is -2.04. The molecule has 0 fully saturated rings. The summed E-state index contributed by atoms with van der Waals surface area (Å²) >= 11 is 0. The number of nitrogens with zero attached hydrogens (tertiary/aromatic N) is 1. The van der Waals surface area contributed by atoms with Gasteiger partial charge in [-0.25, -0.2) is 0 Å². The van der Waals surface area contributed by atoms with E-state index in [0.29, 0.717) is 0 Å². The monoisotopic (exact) mass is 197 g/mol. The molecule has 3 rings (SSSR count). The maximum Gasteiger partial charge on any atom is 0.129 e. The van der Waals surface area contributed by atoms with E-state index in [1.807, 2.05) is 18.2 Å². The molecular formula is C13H11NO. The lowest BCUT2D eigenvalue weighted by atomic mass is 10.1. The van der Waals surface area contributed by atoms with Crippen LogP contribution in [0.5, 0.6) is 0 Å². The van der Waals surface area contributed by atoms with Crippen LogP contribution in [0.4, 0.5) is 0 Å². The molecular weight excluding hydrogens is 186 g/mol. The zero-order valence-corrected chi connectivity index (χ0v) is 8.31. The average Bonchev–Trinajstić information content (AvgIpc) is 2.68. The molecule has 2 aromatic rings. The highest BCUT2D eigenvalue weighted by Crippen LogP contribution is 2.31. The van der Waals surface area contributed by atoms with Crippen LogP contribution >= 0.6 is 0 Å². The molecule has 0 spiro atoms. The highest BCUT2D eigenvalue weighted by Gasteiger charge is 2.23. The Bertz CT molecular complexity index is 533. The van der Waals surface area contributed by atoms with E-state index in [4.69, 9.17) is 0 Å². The fourth-order valence-corrected chi connectivity index (χ4v) is 2.28. The first-order valence-corrected chi connectivity index (χ1v) is 5.22. The van der Waals surface area contributed by atoms with E-state index in [-0.39, 0.29) is 5.92 Å². The van der Waals surface area contributed by atoms with Crippen LogP contribution in [0.15, 0.2) is 30.3 Å². The number of aldehydes is 1. The third kappa shape index (κ3) is 1.25. The van der Waals surface area contributed by atoms with E-state index in [1.54, 1.807) is 0 Å². The molecule has 0 radical (unpaired) electrons. The predicted octanol–water partition coefficient (Wildman–Crippen LogP) is 2.46. The number of fused-ring (bicyclic) bond motifs is 2. The lowest BCUT2D eigenvalue weighted by Crippen LogP contribution is -1.97. The summed E-state index contributed by atoms with van der Waals surface area (Å²) in [5, 5.41) is 1.17. The molecule has 2 heteroatoms. The number of benzene rings is 1. The number of para-hydroxylation sites is 1. The molecule has 2 nitrogen and oxygen atoms in total. The van der Waals surface area contributed by atoms with Gasteiger partial charge >= 0.3 is 0 Å². The van der Waals surface area contributed by atoms with Crippen LogP contribution in [-0.4, -0.2) is 11.3 Å². The van der Waals surface area contributed by atoms with E-state index < -0.39 is 0 Å². The zero-order chi connectivity index (χ0) is 10.3. The molecule has 0 saturated heterocycles. The van der Waals surface area contributed by atoms with E-state index in [2.05, 4.69) is 17.1 Å². The predicted molar refractivity (Wildman–Crippen MR) is 58.9 cm³/mol. The minimum atomic E-state index is 0.0182. The summed E-state index contributed by atoms with van der Waals surface area (Å²) in [4.78, 5) is 15.4. The Morgan fingerprint density at radius 1 is 1.33 bits per heavy atom. The van der Waals surface area contributed by atoms with Crippen LogP contribution in [0.3, 0.4) is 0 Å². The number of hydrogen-bond acceptors (Lipinski definition) is 2. The van der Waals surface area contributed by atoms with E-state index in [1.165, 1.54) is 10.9 Å². The number of aromatic nitrogens is 1. The zero-order valence-electron chi connectivity index (χ0n) is 8.31. The Kier molecular flexibility index (Phi) is 1.81. The lowest BCUT2D eigenvalue weighted by molar-refractivity contribution is -0.109. The van der Waals surface area contributed by atoms with Crippen LogP contribution in [0.2, 0.25) is 0 Å². The molecule has 74 valence electrons. The molecule has 1 aliphatic carbocycles. The molecule has 1 heterocycles. The summed E-state index contributed by atoms with van der Waals surface area (Å²) in [6, 6.07) is 10.2. The normalized spacial score (nSPS) is 19.1. The SMILES string of the molecule is O=CC1CCc2cc3ccccc3nc21. The second-order valence-corrected chi connectivity index (χ2v) is 4.01. The third-order valence-electron chi connectivity index (χ3n) is 3.08. The van der Waals surface area contributed by atoms with Gasteiger partial charge in [0.2, 0.25) is 0 Å². The summed E-state index contributed by atoms with van der Waals surface area (Å²) < 4.78 is 0. The van der Waals surface area contributed by atoms with Crippen molar-refractivity contribution in [1.82, 2.24) is 4.98 Å². The fraction of sp³-hybridized carbons (Fsp3) is 0.231. The van der Waals surface area contributed by atoms with Gasteiger partial charge in [-0.1, -0.05) is 18.2 Å². The molecule has 1 atom stereocenters. The van der Waals surface area contributed by atoms with Crippen molar-refractivity contribution in [3.05, 3.63) is 41.6 Å². The maximum atomic E-state index is 10.9. The van der Waals surface area contributed by atoms with Crippen LogP contribution in [0.1, 0.15) is 23.6 Å². The van der Waals surface area contributed by atoms with E-state index in [0.717, 1.165) is 30.3 Å². The van der Waals surface area contributed by atoms with Gasteiger partial charge in [-0.2, -0.15) is 0 Å². The molecule has 15 heavy (non-hydrogen) atoms. The van der Waals surface area contributed by atoms with E-state index >= 15 is 0 Å². The first-order chi connectivity index (χ1) is 7.38. The fourth-order valence-electron chi connectivity index (χ4n) is 2.28. The van der Waals surface area contributed by atoms with Crippen molar-refractivity contribution in [2.75, 3.05) is 0 Å². The minimum Gasteiger partial charge on any atom is -0.303 e. The number of aryl methyl sites for hydroxylation is 1. The third-order valence-corrected chi connectivity index (χ3v) is 3.08. The molecule has 1 unspecified atom stereocenters. The van der Waals surface area contributed by atoms with Crippen molar-refractivity contribution in [2.24, 2.45) is 0 Å². The van der Waals surface area contributed by atoms with Crippen molar-refractivity contribution < 1.29 is 4.79 Å². The van der Waals surface area contributed by atoms with Crippen molar-refractivity contribution >= 4 is 17.2 Å². The average molecular weight is 197 g/mol. The highest BCUT2D eigenvalue weighted by atomic mass is 16.1. The van der Waals surface area contributed by atoms with Gasteiger partial charge in [0.1, 0.15) is 6.29 Å². The standard InChI is InChI=1S/C13H11NO/c15-8-11-6-5-10-7-9-3-1-2-4-12(9)14-13(10)11/h1-4,7-8,11H,5-6H2. The van der Waals surface area contributed by atoms with Crippen LogP contribution in [-0.2, 0) is 11.2 Å². The first-order valence-electron chi connectivity index (χ1n) is 5.22. The highest BCUT2D eigenvalue weighted by molar-refractivity contribution is 5.81. The first kappa shape index (κ1) is 8.60. The number of carbonyl (C=O) groups is 1.